The van der Waals surface area contributed by atoms with Gasteiger partial charge in [0.15, 0.2) is 11.7 Å². The van der Waals surface area contributed by atoms with Crippen molar-refractivity contribution in [1.29, 1.82) is 0 Å². The average Bonchev–Trinajstić information content (AvgIpc) is 2.62. The highest BCUT2D eigenvalue weighted by molar-refractivity contribution is 7.80. The Labute approximate surface area is 161 Å². The zero-order chi connectivity index (χ0) is 20.0. The Balaban J connectivity index is 1.96. The maximum Gasteiger partial charge on any atom is 0.296 e. The lowest BCUT2D eigenvalue weighted by atomic mass is 10.1. The van der Waals surface area contributed by atoms with Gasteiger partial charge in [0, 0.05) is 0 Å². The van der Waals surface area contributed by atoms with E-state index in [1.807, 2.05) is 32.0 Å². The summed E-state index contributed by atoms with van der Waals surface area (Å²) in [4.78, 5) is 22.6. The Hall–Kier alpha value is -3.20. The van der Waals surface area contributed by atoms with Gasteiger partial charge < -0.3 is 14.8 Å². The van der Waals surface area contributed by atoms with Crippen molar-refractivity contribution < 1.29 is 19.2 Å². The van der Waals surface area contributed by atoms with Crippen LogP contribution in [0.1, 0.15) is 11.1 Å². The first kappa shape index (κ1) is 20.1. The molecule has 0 heterocycles. The number of anilines is 1. The molecule has 2 rings (SSSR count). The number of nitro benzene ring substituents is 1. The number of hydrogen-bond acceptors (Lipinski definition) is 6. The Morgan fingerprint density at radius 2 is 1.96 bits per heavy atom. The van der Waals surface area contributed by atoms with Gasteiger partial charge in [-0.2, -0.15) is 0 Å². The SMILES string of the molecule is COc1ccc(NC(=S)NC(=O)COc2cc(C)ccc2C)c([N+](=O)[O-])c1. The molecule has 8 nitrogen and oxygen atoms in total. The number of aryl methyl sites for hydroxylation is 2. The summed E-state index contributed by atoms with van der Waals surface area (Å²) >= 11 is 5.04. The quantitative estimate of drug-likeness (QED) is 0.444. The number of carbonyl (C=O) groups excluding carboxylic acids is 1. The number of nitrogens with zero attached hydrogens (tertiary/aromatic N) is 1. The molecule has 0 aliphatic rings. The monoisotopic (exact) mass is 389 g/mol. The second kappa shape index (κ2) is 8.95. The summed E-state index contributed by atoms with van der Waals surface area (Å²) in [7, 11) is 1.41. The van der Waals surface area contributed by atoms with Gasteiger partial charge in [-0.25, -0.2) is 0 Å². The number of thiocarbonyl (C=S) groups is 1. The first-order valence-corrected chi connectivity index (χ1v) is 8.34. The van der Waals surface area contributed by atoms with Crippen LogP contribution >= 0.6 is 12.2 Å². The molecule has 0 saturated carbocycles. The molecule has 0 aliphatic heterocycles. The molecule has 2 aromatic rings. The van der Waals surface area contributed by atoms with Crippen LogP contribution in [0, 0.1) is 24.0 Å². The maximum absolute atomic E-state index is 12.0. The van der Waals surface area contributed by atoms with E-state index in [0.717, 1.165) is 11.1 Å². The van der Waals surface area contributed by atoms with E-state index >= 15 is 0 Å². The first-order chi connectivity index (χ1) is 12.8. The van der Waals surface area contributed by atoms with Crippen molar-refractivity contribution >= 4 is 34.6 Å². The minimum Gasteiger partial charge on any atom is -0.496 e. The van der Waals surface area contributed by atoms with Gasteiger partial charge in [0.05, 0.1) is 18.1 Å². The molecular weight excluding hydrogens is 370 g/mol. The summed E-state index contributed by atoms with van der Waals surface area (Å²) in [5, 5.41) is 16.2. The fraction of sp³-hybridized carbons (Fsp3) is 0.222. The maximum atomic E-state index is 12.0. The minimum atomic E-state index is -0.571. The van der Waals surface area contributed by atoms with Crippen molar-refractivity contribution in [2.24, 2.45) is 0 Å². The summed E-state index contributed by atoms with van der Waals surface area (Å²) in [5.41, 5.74) is 1.84. The van der Waals surface area contributed by atoms with Gasteiger partial charge in [0.1, 0.15) is 17.2 Å². The van der Waals surface area contributed by atoms with Crippen molar-refractivity contribution in [3.63, 3.8) is 0 Å². The largest absolute Gasteiger partial charge is 0.496 e. The molecule has 27 heavy (non-hydrogen) atoms. The Bertz CT molecular complexity index is 885. The first-order valence-electron chi connectivity index (χ1n) is 7.93. The summed E-state index contributed by atoms with van der Waals surface area (Å²) < 4.78 is 10.5. The molecule has 0 radical (unpaired) electrons. The highest BCUT2D eigenvalue weighted by Crippen LogP contribution is 2.28. The molecule has 0 aliphatic carbocycles. The molecule has 1 amide bonds. The molecule has 0 fully saturated rings. The predicted molar refractivity (Wildman–Crippen MR) is 105 cm³/mol. The van der Waals surface area contributed by atoms with E-state index in [1.54, 1.807) is 6.07 Å². The number of carbonyl (C=O) groups is 1. The Morgan fingerprint density at radius 3 is 2.63 bits per heavy atom. The number of rotatable bonds is 6. The number of benzene rings is 2. The van der Waals surface area contributed by atoms with Gasteiger partial charge in [0.25, 0.3) is 11.6 Å². The van der Waals surface area contributed by atoms with Crippen LogP contribution in [0.4, 0.5) is 11.4 Å². The zero-order valence-electron chi connectivity index (χ0n) is 15.1. The number of amides is 1. The number of nitrogens with one attached hydrogen (secondary N) is 2. The van der Waals surface area contributed by atoms with Crippen molar-refractivity contribution in [1.82, 2.24) is 5.32 Å². The van der Waals surface area contributed by atoms with Gasteiger partial charge in [-0.1, -0.05) is 12.1 Å². The van der Waals surface area contributed by atoms with E-state index in [0.29, 0.717) is 11.5 Å². The highest BCUT2D eigenvalue weighted by atomic mass is 32.1. The molecule has 0 atom stereocenters. The molecule has 0 aromatic heterocycles. The highest BCUT2D eigenvalue weighted by Gasteiger charge is 2.17. The van der Waals surface area contributed by atoms with E-state index in [4.69, 9.17) is 21.7 Å². The van der Waals surface area contributed by atoms with E-state index in [9.17, 15) is 14.9 Å². The zero-order valence-corrected chi connectivity index (χ0v) is 15.9. The molecule has 0 unspecified atom stereocenters. The lowest BCUT2D eigenvalue weighted by Gasteiger charge is -2.12. The van der Waals surface area contributed by atoms with Gasteiger partial charge in [0.2, 0.25) is 0 Å². The molecule has 2 N–H and O–H groups in total. The molecule has 142 valence electrons. The average molecular weight is 389 g/mol. The molecule has 2 aromatic carbocycles. The number of methoxy groups -OCH3 is 1. The van der Waals surface area contributed by atoms with Crippen molar-refractivity contribution in [3.8, 4) is 11.5 Å². The number of hydrogen-bond donors (Lipinski definition) is 2. The van der Waals surface area contributed by atoms with E-state index in [-0.39, 0.29) is 23.1 Å². The minimum absolute atomic E-state index is 0.0715. The number of ether oxygens (including phenoxy) is 2. The van der Waals surface area contributed by atoms with Crippen molar-refractivity contribution in [2.75, 3.05) is 19.0 Å². The summed E-state index contributed by atoms with van der Waals surface area (Å²) in [5.74, 6) is 0.462. The smallest absolute Gasteiger partial charge is 0.296 e. The lowest BCUT2D eigenvalue weighted by Crippen LogP contribution is -2.37. The van der Waals surface area contributed by atoms with Crippen molar-refractivity contribution in [3.05, 3.63) is 57.6 Å². The normalized spacial score (nSPS) is 10.0. The van der Waals surface area contributed by atoms with Gasteiger partial charge in [-0.15, -0.1) is 0 Å². The van der Waals surface area contributed by atoms with Crippen LogP contribution < -0.4 is 20.1 Å². The third-order valence-corrected chi connectivity index (χ3v) is 3.81. The Morgan fingerprint density at radius 1 is 1.22 bits per heavy atom. The molecule has 9 heteroatoms. The van der Waals surface area contributed by atoms with Gasteiger partial charge >= 0.3 is 0 Å². The van der Waals surface area contributed by atoms with E-state index in [2.05, 4.69) is 10.6 Å². The van der Waals surface area contributed by atoms with Crippen LogP contribution in [-0.4, -0.2) is 29.7 Å². The topological polar surface area (TPSA) is 103 Å². The van der Waals surface area contributed by atoms with Crippen LogP contribution in [0.15, 0.2) is 36.4 Å². The van der Waals surface area contributed by atoms with Crippen LogP contribution in [-0.2, 0) is 4.79 Å². The van der Waals surface area contributed by atoms with Crippen LogP contribution in [0.3, 0.4) is 0 Å². The molecule has 0 saturated heterocycles. The van der Waals surface area contributed by atoms with Crippen LogP contribution in [0.25, 0.3) is 0 Å². The predicted octanol–water partition coefficient (Wildman–Crippen LogP) is 3.11. The number of nitro groups is 1. The van der Waals surface area contributed by atoms with Crippen LogP contribution in [0.2, 0.25) is 0 Å². The fourth-order valence-corrected chi connectivity index (χ4v) is 2.44. The van der Waals surface area contributed by atoms with E-state index in [1.165, 1.54) is 19.2 Å². The summed E-state index contributed by atoms with van der Waals surface area (Å²) in [6.07, 6.45) is 0. The molecule has 0 bridgehead atoms. The Kier molecular flexibility index (Phi) is 6.67. The fourth-order valence-electron chi connectivity index (χ4n) is 2.22. The standard InChI is InChI=1S/C18H19N3O5S/c1-11-4-5-12(2)16(8-11)26-10-17(22)20-18(27)19-14-7-6-13(25-3)9-15(14)21(23)24/h4-9H,10H2,1-3H3,(H2,19,20,22,27). The van der Waals surface area contributed by atoms with Crippen molar-refractivity contribution in [2.45, 2.75) is 13.8 Å². The third kappa shape index (κ3) is 5.65. The van der Waals surface area contributed by atoms with E-state index < -0.39 is 10.8 Å². The third-order valence-electron chi connectivity index (χ3n) is 3.61. The second-order valence-corrected chi connectivity index (χ2v) is 6.11. The van der Waals surface area contributed by atoms with Gasteiger partial charge in [-0.3, -0.25) is 20.2 Å². The summed E-state index contributed by atoms with van der Waals surface area (Å²) in [6, 6.07) is 9.93. The van der Waals surface area contributed by atoms with Crippen LogP contribution in [0.5, 0.6) is 11.5 Å². The van der Waals surface area contributed by atoms with Gasteiger partial charge in [-0.05, 0) is 55.4 Å². The summed E-state index contributed by atoms with van der Waals surface area (Å²) in [6.45, 7) is 3.56. The second-order valence-electron chi connectivity index (χ2n) is 5.70. The lowest BCUT2D eigenvalue weighted by molar-refractivity contribution is -0.384. The molecular formula is C18H19N3O5S. The molecule has 0 spiro atoms.